The second-order valence-electron chi connectivity index (χ2n) is 5.73. The van der Waals surface area contributed by atoms with Gasteiger partial charge in [0, 0.05) is 38.7 Å². The number of phenols is 1. The highest BCUT2D eigenvalue weighted by Gasteiger charge is 2.04. The molecule has 0 aliphatic heterocycles. The van der Waals surface area contributed by atoms with Gasteiger partial charge in [-0.25, -0.2) is 0 Å². The van der Waals surface area contributed by atoms with Gasteiger partial charge in [0.15, 0.2) is 5.96 Å². The van der Waals surface area contributed by atoms with Crippen LogP contribution in [0.25, 0.3) is 0 Å². The summed E-state index contributed by atoms with van der Waals surface area (Å²) in [5.74, 6) is 2.61. The van der Waals surface area contributed by atoms with Crippen molar-refractivity contribution in [2.24, 2.45) is 4.99 Å². The Morgan fingerprint density at radius 1 is 1.31 bits per heavy atom. The van der Waals surface area contributed by atoms with Crippen molar-refractivity contribution in [1.82, 2.24) is 25.4 Å². The summed E-state index contributed by atoms with van der Waals surface area (Å²) >= 11 is 0. The standard InChI is InChI=1S/C18H28N6O2/c1-4-17-23-22-13-24(17)11-10-21-18(19-5-2)20-9-8-14-6-7-15(26-3)12-16(14)25/h6-7,12-13,25H,4-5,8-11H2,1-3H3,(H2,19,20,21). The zero-order valence-corrected chi connectivity index (χ0v) is 15.7. The molecule has 0 unspecified atom stereocenters. The molecule has 0 atom stereocenters. The van der Waals surface area contributed by atoms with E-state index in [-0.39, 0.29) is 5.75 Å². The number of phenolic OH excluding ortho intramolecular Hbond substituents is 1. The second-order valence-corrected chi connectivity index (χ2v) is 5.73. The molecule has 142 valence electrons. The third-order valence-electron chi connectivity index (χ3n) is 3.94. The number of hydrogen-bond acceptors (Lipinski definition) is 5. The summed E-state index contributed by atoms with van der Waals surface area (Å²) in [6, 6.07) is 5.32. The Bertz CT molecular complexity index is 713. The van der Waals surface area contributed by atoms with E-state index in [1.165, 1.54) is 0 Å². The number of aromatic hydroxyl groups is 1. The molecule has 1 aromatic carbocycles. The number of nitrogens with one attached hydrogen (secondary N) is 2. The quantitative estimate of drug-likeness (QED) is 0.461. The third-order valence-corrected chi connectivity index (χ3v) is 3.94. The summed E-state index contributed by atoms with van der Waals surface area (Å²) in [7, 11) is 1.58. The average Bonchev–Trinajstić information content (AvgIpc) is 3.10. The molecule has 8 heteroatoms. The van der Waals surface area contributed by atoms with Crippen LogP contribution in [0.3, 0.4) is 0 Å². The molecule has 0 aliphatic rings. The fourth-order valence-corrected chi connectivity index (χ4v) is 2.55. The summed E-state index contributed by atoms with van der Waals surface area (Å²) < 4.78 is 7.13. The minimum atomic E-state index is 0.234. The highest BCUT2D eigenvalue weighted by Crippen LogP contribution is 2.23. The first-order valence-electron chi connectivity index (χ1n) is 8.92. The van der Waals surface area contributed by atoms with E-state index in [0.29, 0.717) is 18.7 Å². The first-order chi connectivity index (χ1) is 12.7. The molecule has 0 radical (unpaired) electrons. The third kappa shape index (κ3) is 5.65. The predicted molar refractivity (Wildman–Crippen MR) is 102 cm³/mol. The van der Waals surface area contributed by atoms with Crippen molar-refractivity contribution in [1.29, 1.82) is 0 Å². The topological polar surface area (TPSA) is 96.6 Å². The number of nitrogens with zero attached hydrogens (tertiary/aromatic N) is 4. The number of aromatic nitrogens is 3. The lowest BCUT2D eigenvalue weighted by atomic mass is 10.1. The number of methoxy groups -OCH3 is 1. The van der Waals surface area contributed by atoms with Gasteiger partial charge in [-0.3, -0.25) is 4.99 Å². The Kier molecular flexibility index (Phi) is 7.73. The molecule has 2 rings (SSSR count). The normalized spacial score (nSPS) is 11.4. The second kappa shape index (κ2) is 10.3. The number of aryl methyl sites for hydroxylation is 1. The zero-order valence-electron chi connectivity index (χ0n) is 15.7. The van der Waals surface area contributed by atoms with Gasteiger partial charge >= 0.3 is 0 Å². The van der Waals surface area contributed by atoms with Crippen LogP contribution in [-0.2, 0) is 19.4 Å². The van der Waals surface area contributed by atoms with Crippen LogP contribution in [0.4, 0.5) is 0 Å². The Hall–Kier alpha value is -2.77. The maximum Gasteiger partial charge on any atom is 0.191 e. The van der Waals surface area contributed by atoms with Crippen molar-refractivity contribution in [2.45, 2.75) is 33.2 Å². The average molecular weight is 360 g/mol. The molecule has 2 aromatic rings. The predicted octanol–water partition coefficient (Wildman–Crippen LogP) is 1.35. The van der Waals surface area contributed by atoms with E-state index >= 15 is 0 Å². The lowest BCUT2D eigenvalue weighted by molar-refractivity contribution is 0.406. The van der Waals surface area contributed by atoms with Crippen molar-refractivity contribution < 1.29 is 9.84 Å². The number of aliphatic imine (C=N–C) groups is 1. The first-order valence-corrected chi connectivity index (χ1v) is 8.92. The van der Waals surface area contributed by atoms with Crippen LogP contribution in [0.15, 0.2) is 29.5 Å². The van der Waals surface area contributed by atoms with Gasteiger partial charge < -0.3 is 25.0 Å². The van der Waals surface area contributed by atoms with Crippen LogP contribution in [0.1, 0.15) is 25.2 Å². The smallest absolute Gasteiger partial charge is 0.191 e. The van der Waals surface area contributed by atoms with E-state index in [0.717, 1.165) is 43.4 Å². The number of benzene rings is 1. The van der Waals surface area contributed by atoms with Gasteiger partial charge in [0.2, 0.25) is 0 Å². The van der Waals surface area contributed by atoms with Gasteiger partial charge in [-0.05, 0) is 25.0 Å². The Morgan fingerprint density at radius 2 is 2.15 bits per heavy atom. The van der Waals surface area contributed by atoms with Crippen molar-refractivity contribution in [3.8, 4) is 11.5 Å². The Labute approximate surface area is 154 Å². The number of guanidine groups is 1. The largest absolute Gasteiger partial charge is 0.508 e. The SMILES string of the molecule is CCNC(=NCCc1ccc(OC)cc1O)NCCn1cnnc1CC. The summed E-state index contributed by atoms with van der Waals surface area (Å²) in [6.07, 6.45) is 3.26. The lowest BCUT2D eigenvalue weighted by Crippen LogP contribution is -2.39. The van der Waals surface area contributed by atoms with E-state index in [1.807, 2.05) is 23.6 Å². The summed E-state index contributed by atoms with van der Waals surface area (Å²) in [5, 5.41) is 24.6. The van der Waals surface area contributed by atoms with E-state index in [9.17, 15) is 5.11 Å². The van der Waals surface area contributed by atoms with Crippen LogP contribution < -0.4 is 15.4 Å². The van der Waals surface area contributed by atoms with Crippen molar-refractivity contribution in [2.75, 3.05) is 26.7 Å². The molecule has 0 aliphatic carbocycles. The van der Waals surface area contributed by atoms with Crippen molar-refractivity contribution in [3.05, 3.63) is 35.9 Å². The summed E-state index contributed by atoms with van der Waals surface area (Å²) in [4.78, 5) is 4.57. The van der Waals surface area contributed by atoms with Crippen molar-refractivity contribution in [3.63, 3.8) is 0 Å². The van der Waals surface area contributed by atoms with Crippen molar-refractivity contribution >= 4 is 5.96 Å². The van der Waals surface area contributed by atoms with E-state index in [4.69, 9.17) is 4.74 Å². The van der Waals surface area contributed by atoms with Crippen LogP contribution in [0.5, 0.6) is 11.5 Å². The van der Waals surface area contributed by atoms with Gasteiger partial charge in [-0.15, -0.1) is 10.2 Å². The van der Waals surface area contributed by atoms with Crippen LogP contribution in [-0.4, -0.2) is 52.6 Å². The van der Waals surface area contributed by atoms with Crippen LogP contribution in [0, 0.1) is 0 Å². The molecule has 1 aromatic heterocycles. The molecule has 0 spiro atoms. The molecule has 0 saturated heterocycles. The molecular formula is C18H28N6O2. The Morgan fingerprint density at radius 3 is 2.85 bits per heavy atom. The van der Waals surface area contributed by atoms with E-state index < -0.39 is 0 Å². The first kappa shape index (κ1) is 19.6. The van der Waals surface area contributed by atoms with Crippen LogP contribution in [0.2, 0.25) is 0 Å². The molecule has 3 N–H and O–H groups in total. The monoisotopic (exact) mass is 360 g/mol. The molecule has 8 nitrogen and oxygen atoms in total. The molecular weight excluding hydrogens is 332 g/mol. The van der Waals surface area contributed by atoms with E-state index in [2.05, 4.69) is 32.7 Å². The Balaban J connectivity index is 1.86. The maximum absolute atomic E-state index is 10.0. The maximum atomic E-state index is 10.0. The lowest BCUT2D eigenvalue weighted by Gasteiger charge is -2.12. The highest BCUT2D eigenvalue weighted by molar-refractivity contribution is 5.79. The molecule has 0 amide bonds. The number of hydrogen-bond donors (Lipinski definition) is 3. The fraction of sp³-hybridized carbons (Fsp3) is 0.500. The van der Waals surface area contributed by atoms with Gasteiger partial charge in [-0.2, -0.15) is 0 Å². The van der Waals surface area contributed by atoms with Gasteiger partial charge in [0.05, 0.1) is 7.11 Å². The number of ether oxygens (including phenoxy) is 1. The van der Waals surface area contributed by atoms with Gasteiger partial charge in [0.1, 0.15) is 23.7 Å². The van der Waals surface area contributed by atoms with Gasteiger partial charge in [0.25, 0.3) is 0 Å². The molecule has 0 fully saturated rings. The minimum absolute atomic E-state index is 0.234. The van der Waals surface area contributed by atoms with Crippen LogP contribution >= 0.6 is 0 Å². The summed E-state index contributed by atoms with van der Waals surface area (Å²) in [5.41, 5.74) is 0.850. The summed E-state index contributed by atoms with van der Waals surface area (Å²) in [6.45, 7) is 6.95. The van der Waals surface area contributed by atoms with Gasteiger partial charge in [-0.1, -0.05) is 13.0 Å². The molecule has 0 bridgehead atoms. The molecule has 1 heterocycles. The molecule has 0 saturated carbocycles. The zero-order chi connectivity index (χ0) is 18.8. The number of rotatable bonds is 9. The molecule has 26 heavy (non-hydrogen) atoms. The fourth-order valence-electron chi connectivity index (χ4n) is 2.55. The minimum Gasteiger partial charge on any atom is -0.508 e. The highest BCUT2D eigenvalue weighted by atomic mass is 16.5. The van der Waals surface area contributed by atoms with E-state index in [1.54, 1.807) is 19.5 Å².